The van der Waals surface area contributed by atoms with Gasteiger partial charge in [0.05, 0.1) is 0 Å². The SMILES string of the molecule is CC(C)CN(CCC(C)(C)CN)C1CC1. The topological polar surface area (TPSA) is 29.3 Å². The van der Waals surface area contributed by atoms with Crippen molar-refractivity contribution in [1.29, 1.82) is 0 Å². The van der Waals surface area contributed by atoms with Crippen LogP contribution in [0, 0.1) is 11.3 Å². The van der Waals surface area contributed by atoms with Crippen LogP contribution in [-0.2, 0) is 0 Å². The predicted octanol–water partition coefficient (Wildman–Crippen LogP) is 2.48. The molecule has 0 saturated heterocycles. The van der Waals surface area contributed by atoms with Crippen LogP contribution < -0.4 is 5.73 Å². The van der Waals surface area contributed by atoms with Crippen LogP contribution in [0.3, 0.4) is 0 Å². The maximum Gasteiger partial charge on any atom is 0.00965 e. The van der Waals surface area contributed by atoms with E-state index < -0.39 is 0 Å². The molecule has 0 aromatic carbocycles. The average Bonchev–Trinajstić information content (AvgIpc) is 2.95. The van der Waals surface area contributed by atoms with Crippen LogP contribution in [0.4, 0.5) is 0 Å². The number of hydrogen-bond acceptors (Lipinski definition) is 2. The van der Waals surface area contributed by atoms with E-state index in [9.17, 15) is 0 Å². The Hall–Kier alpha value is -0.0800. The van der Waals surface area contributed by atoms with E-state index in [0.717, 1.165) is 18.5 Å². The molecule has 2 heteroatoms. The van der Waals surface area contributed by atoms with E-state index in [1.165, 1.54) is 32.4 Å². The first-order valence-corrected chi connectivity index (χ1v) is 6.39. The normalized spacial score (nSPS) is 17.8. The van der Waals surface area contributed by atoms with E-state index in [2.05, 4.69) is 32.6 Å². The molecule has 1 aliphatic rings. The minimum atomic E-state index is 0.310. The highest BCUT2D eigenvalue weighted by Gasteiger charge is 2.30. The number of nitrogens with two attached hydrogens (primary N) is 1. The lowest BCUT2D eigenvalue weighted by Gasteiger charge is -2.29. The third kappa shape index (κ3) is 4.98. The van der Waals surface area contributed by atoms with E-state index in [-0.39, 0.29) is 0 Å². The zero-order chi connectivity index (χ0) is 11.5. The monoisotopic (exact) mass is 212 g/mol. The molecule has 0 aromatic heterocycles. The third-order valence-corrected chi connectivity index (χ3v) is 3.29. The summed E-state index contributed by atoms with van der Waals surface area (Å²) >= 11 is 0. The van der Waals surface area contributed by atoms with Gasteiger partial charge >= 0.3 is 0 Å². The van der Waals surface area contributed by atoms with Gasteiger partial charge in [-0.15, -0.1) is 0 Å². The second-order valence-electron chi connectivity index (χ2n) is 6.24. The van der Waals surface area contributed by atoms with E-state index in [0.29, 0.717) is 5.41 Å². The van der Waals surface area contributed by atoms with Crippen molar-refractivity contribution in [3.63, 3.8) is 0 Å². The van der Waals surface area contributed by atoms with E-state index in [1.54, 1.807) is 0 Å². The lowest BCUT2D eigenvalue weighted by Crippen LogP contribution is -2.35. The van der Waals surface area contributed by atoms with Gasteiger partial charge in [0.15, 0.2) is 0 Å². The summed E-state index contributed by atoms with van der Waals surface area (Å²) in [6.07, 6.45) is 4.05. The highest BCUT2D eigenvalue weighted by atomic mass is 15.2. The maximum atomic E-state index is 5.77. The fourth-order valence-corrected chi connectivity index (χ4v) is 1.88. The largest absolute Gasteiger partial charge is 0.330 e. The van der Waals surface area contributed by atoms with Crippen molar-refractivity contribution in [2.45, 2.75) is 53.0 Å². The van der Waals surface area contributed by atoms with Crippen molar-refractivity contribution >= 4 is 0 Å². The first-order valence-electron chi connectivity index (χ1n) is 6.39. The van der Waals surface area contributed by atoms with Gasteiger partial charge in [-0.3, -0.25) is 0 Å². The van der Waals surface area contributed by atoms with Crippen LogP contribution in [0.1, 0.15) is 47.0 Å². The second kappa shape index (κ2) is 5.31. The van der Waals surface area contributed by atoms with E-state index in [4.69, 9.17) is 5.73 Å². The van der Waals surface area contributed by atoms with Gasteiger partial charge in [-0.2, -0.15) is 0 Å². The molecule has 90 valence electrons. The zero-order valence-electron chi connectivity index (χ0n) is 10.9. The molecule has 0 atom stereocenters. The highest BCUT2D eigenvalue weighted by Crippen LogP contribution is 2.29. The van der Waals surface area contributed by atoms with Crippen molar-refractivity contribution in [2.24, 2.45) is 17.1 Å². The summed E-state index contributed by atoms with van der Waals surface area (Å²) in [5, 5.41) is 0. The minimum Gasteiger partial charge on any atom is -0.330 e. The minimum absolute atomic E-state index is 0.310. The number of nitrogens with zero attached hydrogens (tertiary/aromatic N) is 1. The summed E-state index contributed by atoms with van der Waals surface area (Å²) in [5.74, 6) is 0.784. The molecule has 2 nitrogen and oxygen atoms in total. The van der Waals surface area contributed by atoms with Gasteiger partial charge in [0.1, 0.15) is 0 Å². The molecule has 1 fully saturated rings. The molecule has 0 bridgehead atoms. The van der Waals surface area contributed by atoms with Gasteiger partial charge < -0.3 is 10.6 Å². The van der Waals surface area contributed by atoms with Gasteiger partial charge in [0.25, 0.3) is 0 Å². The molecule has 0 spiro atoms. The molecule has 1 saturated carbocycles. The molecule has 0 aliphatic heterocycles. The maximum absolute atomic E-state index is 5.77. The molecule has 0 aromatic rings. The Morgan fingerprint density at radius 2 is 1.93 bits per heavy atom. The first kappa shape index (κ1) is 13.0. The van der Waals surface area contributed by atoms with Gasteiger partial charge in [0, 0.05) is 12.6 Å². The van der Waals surface area contributed by atoms with Crippen molar-refractivity contribution < 1.29 is 0 Å². The highest BCUT2D eigenvalue weighted by molar-refractivity contribution is 4.86. The van der Waals surface area contributed by atoms with Crippen LogP contribution in [0.5, 0.6) is 0 Å². The Morgan fingerprint density at radius 1 is 1.33 bits per heavy atom. The average molecular weight is 212 g/mol. The first-order chi connectivity index (χ1) is 6.94. The third-order valence-electron chi connectivity index (χ3n) is 3.29. The van der Waals surface area contributed by atoms with Crippen LogP contribution in [0.2, 0.25) is 0 Å². The summed E-state index contributed by atoms with van der Waals surface area (Å²) in [5.41, 5.74) is 6.08. The zero-order valence-corrected chi connectivity index (χ0v) is 10.9. The standard InChI is InChI=1S/C13H28N2/c1-11(2)9-15(12-5-6-12)8-7-13(3,4)10-14/h11-12H,5-10,14H2,1-4H3. The van der Waals surface area contributed by atoms with Crippen LogP contribution >= 0.6 is 0 Å². The van der Waals surface area contributed by atoms with E-state index >= 15 is 0 Å². The quantitative estimate of drug-likeness (QED) is 0.702. The lowest BCUT2D eigenvalue weighted by atomic mass is 9.89. The molecule has 0 amide bonds. The van der Waals surface area contributed by atoms with Crippen LogP contribution in [-0.4, -0.2) is 30.6 Å². The molecule has 0 unspecified atom stereocenters. The Bertz CT molecular complexity index is 183. The van der Waals surface area contributed by atoms with Crippen molar-refractivity contribution in [1.82, 2.24) is 4.90 Å². The van der Waals surface area contributed by atoms with Crippen molar-refractivity contribution in [3.8, 4) is 0 Å². The van der Waals surface area contributed by atoms with Gasteiger partial charge in [-0.05, 0) is 43.7 Å². The lowest BCUT2D eigenvalue weighted by molar-refractivity contribution is 0.195. The van der Waals surface area contributed by atoms with Gasteiger partial charge in [-0.1, -0.05) is 27.7 Å². The van der Waals surface area contributed by atoms with Crippen molar-refractivity contribution in [2.75, 3.05) is 19.6 Å². The summed E-state index contributed by atoms with van der Waals surface area (Å²) in [6.45, 7) is 12.4. The smallest absolute Gasteiger partial charge is 0.00965 e. The fraction of sp³-hybridized carbons (Fsp3) is 1.00. The molecular formula is C13H28N2. The Balaban J connectivity index is 2.31. The molecule has 2 N–H and O–H groups in total. The predicted molar refractivity (Wildman–Crippen MR) is 66.9 cm³/mol. The summed E-state index contributed by atoms with van der Waals surface area (Å²) < 4.78 is 0. The molecule has 1 rings (SSSR count). The molecule has 15 heavy (non-hydrogen) atoms. The second-order valence-corrected chi connectivity index (χ2v) is 6.24. The summed E-state index contributed by atoms with van der Waals surface area (Å²) in [7, 11) is 0. The Morgan fingerprint density at radius 3 is 2.33 bits per heavy atom. The molecule has 0 heterocycles. The molecule has 0 radical (unpaired) electrons. The number of hydrogen-bond donors (Lipinski definition) is 1. The molecule has 1 aliphatic carbocycles. The van der Waals surface area contributed by atoms with E-state index in [1.807, 2.05) is 0 Å². The summed E-state index contributed by atoms with van der Waals surface area (Å²) in [6, 6.07) is 0.890. The Labute approximate surface area is 95.2 Å². The summed E-state index contributed by atoms with van der Waals surface area (Å²) in [4.78, 5) is 2.67. The number of rotatable bonds is 7. The fourth-order valence-electron chi connectivity index (χ4n) is 1.88. The van der Waals surface area contributed by atoms with Crippen molar-refractivity contribution in [3.05, 3.63) is 0 Å². The molecular weight excluding hydrogens is 184 g/mol. The van der Waals surface area contributed by atoms with Crippen LogP contribution in [0.15, 0.2) is 0 Å². The van der Waals surface area contributed by atoms with Gasteiger partial charge in [0.2, 0.25) is 0 Å². The van der Waals surface area contributed by atoms with Gasteiger partial charge in [-0.25, -0.2) is 0 Å². The van der Waals surface area contributed by atoms with Crippen LogP contribution in [0.25, 0.3) is 0 Å². The Kier molecular flexibility index (Phi) is 4.60.